The Hall–Kier alpha value is -0.120. The molecular formula is C12H26O3. The highest BCUT2D eigenvalue weighted by Gasteiger charge is 1.92. The molecule has 0 saturated carbocycles. The Balaban J connectivity index is 2.81. The molecule has 0 aromatic rings. The van der Waals surface area contributed by atoms with Crippen molar-refractivity contribution in [2.45, 2.75) is 65.2 Å². The van der Waals surface area contributed by atoms with Crippen LogP contribution in [-0.2, 0) is 14.8 Å². The number of hydrogen-bond acceptors (Lipinski definition) is 3. The van der Waals surface area contributed by atoms with Gasteiger partial charge in [-0.2, -0.15) is 0 Å². The van der Waals surface area contributed by atoms with E-state index in [-0.39, 0.29) is 0 Å². The van der Waals surface area contributed by atoms with Crippen LogP contribution in [0.25, 0.3) is 0 Å². The second-order valence-corrected chi connectivity index (χ2v) is 3.83. The van der Waals surface area contributed by atoms with Gasteiger partial charge in [0.25, 0.3) is 0 Å². The third-order valence-electron chi connectivity index (χ3n) is 2.21. The lowest BCUT2D eigenvalue weighted by Crippen LogP contribution is -1.99. The van der Waals surface area contributed by atoms with Gasteiger partial charge in [-0.3, -0.25) is 0 Å². The average Bonchev–Trinajstić information content (AvgIpc) is 2.26. The zero-order valence-corrected chi connectivity index (χ0v) is 10.3. The van der Waals surface area contributed by atoms with Gasteiger partial charge in [0.15, 0.2) is 0 Å². The predicted octanol–water partition coefficient (Wildman–Crippen LogP) is 4.03. The van der Waals surface area contributed by atoms with E-state index in [2.05, 4.69) is 12.0 Å². The Morgan fingerprint density at radius 1 is 0.600 bits per heavy atom. The molecule has 0 unspecified atom stereocenters. The van der Waals surface area contributed by atoms with Gasteiger partial charge in [-0.1, -0.05) is 57.4 Å². The molecule has 0 aromatic heterocycles. The fraction of sp³-hybridized carbons (Fsp3) is 1.00. The Kier molecular flexibility index (Phi) is 13.8. The van der Waals surface area contributed by atoms with Crippen molar-refractivity contribution in [3.8, 4) is 0 Å². The Morgan fingerprint density at radius 2 is 1.20 bits per heavy atom. The van der Waals surface area contributed by atoms with Crippen molar-refractivity contribution in [3.05, 3.63) is 0 Å². The maximum Gasteiger partial charge on any atom is 0.0853 e. The molecular weight excluding hydrogens is 192 g/mol. The van der Waals surface area contributed by atoms with Crippen LogP contribution in [0.4, 0.5) is 0 Å². The molecule has 0 atom stereocenters. The molecule has 3 heteroatoms. The molecule has 0 N–H and O–H groups in total. The smallest absolute Gasteiger partial charge is 0.0853 e. The lowest BCUT2D eigenvalue weighted by atomic mass is 10.1. The third kappa shape index (κ3) is 13.9. The first kappa shape index (κ1) is 14.9. The van der Waals surface area contributed by atoms with E-state index >= 15 is 0 Å². The normalized spacial score (nSPS) is 10.8. The molecule has 0 fully saturated rings. The summed E-state index contributed by atoms with van der Waals surface area (Å²) in [6.45, 7) is 5.50. The van der Waals surface area contributed by atoms with Crippen molar-refractivity contribution in [3.63, 3.8) is 0 Å². The third-order valence-corrected chi connectivity index (χ3v) is 2.21. The van der Waals surface area contributed by atoms with Gasteiger partial charge in [-0.15, -0.1) is 0 Å². The summed E-state index contributed by atoms with van der Waals surface area (Å²) >= 11 is 0. The molecule has 0 aliphatic heterocycles. The van der Waals surface area contributed by atoms with Gasteiger partial charge in [0.05, 0.1) is 13.2 Å². The molecule has 0 radical (unpaired) electrons. The van der Waals surface area contributed by atoms with E-state index in [4.69, 9.17) is 9.78 Å². The molecule has 15 heavy (non-hydrogen) atoms. The fourth-order valence-electron chi connectivity index (χ4n) is 1.30. The van der Waals surface area contributed by atoms with Gasteiger partial charge in [-0.25, -0.2) is 9.78 Å². The first-order chi connectivity index (χ1) is 7.41. The van der Waals surface area contributed by atoms with Crippen LogP contribution in [0.15, 0.2) is 0 Å². The maximum absolute atomic E-state index is 4.84. The van der Waals surface area contributed by atoms with Crippen LogP contribution < -0.4 is 0 Å². The predicted molar refractivity (Wildman–Crippen MR) is 61.3 cm³/mol. The molecule has 0 amide bonds. The number of unbranched alkanes of at least 4 members (excludes halogenated alkanes) is 6. The van der Waals surface area contributed by atoms with Gasteiger partial charge >= 0.3 is 0 Å². The molecule has 0 bridgehead atoms. The minimum Gasteiger partial charge on any atom is -0.206 e. The highest BCUT2D eigenvalue weighted by atomic mass is 17.5. The topological polar surface area (TPSA) is 27.7 Å². The quantitative estimate of drug-likeness (QED) is 0.281. The van der Waals surface area contributed by atoms with E-state index in [0.717, 1.165) is 12.8 Å². The summed E-state index contributed by atoms with van der Waals surface area (Å²) < 4.78 is 0. The zero-order valence-electron chi connectivity index (χ0n) is 10.3. The molecule has 0 saturated heterocycles. The fourth-order valence-corrected chi connectivity index (χ4v) is 1.30. The first-order valence-electron chi connectivity index (χ1n) is 6.32. The highest BCUT2D eigenvalue weighted by molar-refractivity contribution is 4.43. The van der Waals surface area contributed by atoms with E-state index in [9.17, 15) is 0 Å². The Morgan fingerprint density at radius 3 is 1.87 bits per heavy atom. The highest BCUT2D eigenvalue weighted by Crippen LogP contribution is 2.06. The first-order valence-corrected chi connectivity index (χ1v) is 6.32. The van der Waals surface area contributed by atoms with Crippen LogP contribution in [0, 0.1) is 0 Å². The van der Waals surface area contributed by atoms with Gasteiger partial charge in [0.1, 0.15) is 0 Å². The van der Waals surface area contributed by atoms with Crippen LogP contribution in [0.5, 0.6) is 0 Å². The van der Waals surface area contributed by atoms with Crippen LogP contribution in [-0.4, -0.2) is 13.2 Å². The Labute approximate surface area is 94.0 Å². The second kappa shape index (κ2) is 13.9. The van der Waals surface area contributed by atoms with Crippen LogP contribution in [0.2, 0.25) is 0 Å². The van der Waals surface area contributed by atoms with Crippen molar-refractivity contribution in [1.82, 2.24) is 0 Å². The van der Waals surface area contributed by atoms with E-state index in [1.165, 1.54) is 38.5 Å². The summed E-state index contributed by atoms with van der Waals surface area (Å²) in [7, 11) is 0. The van der Waals surface area contributed by atoms with Gasteiger partial charge in [0.2, 0.25) is 0 Å². The molecule has 92 valence electrons. The minimum absolute atomic E-state index is 0.594. The summed E-state index contributed by atoms with van der Waals surface area (Å²) in [5.41, 5.74) is 0. The van der Waals surface area contributed by atoms with E-state index in [1.807, 2.05) is 6.92 Å². The van der Waals surface area contributed by atoms with Gasteiger partial charge in [-0.05, 0) is 12.8 Å². The molecule has 0 aliphatic rings. The summed E-state index contributed by atoms with van der Waals surface area (Å²) in [4.78, 5) is 9.56. The number of hydrogen-bond donors (Lipinski definition) is 0. The lowest BCUT2D eigenvalue weighted by molar-refractivity contribution is -0.512. The zero-order chi connectivity index (χ0) is 11.2. The Bertz CT molecular complexity index is 95.0. The lowest BCUT2D eigenvalue weighted by Gasteiger charge is -2.02. The van der Waals surface area contributed by atoms with E-state index < -0.39 is 0 Å². The minimum atomic E-state index is 0.594. The van der Waals surface area contributed by atoms with Gasteiger partial charge in [0, 0.05) is 0 Å². The average molecular weight is 218 g/mol. The van der Waals surface area contributed by atoms with Crippen molar-refractivity contribution in [2.24, 2.45) is 0 Å². The van der Waals surface area contributed by atoms with Crippen molar-refractivity contribution in [1.29, 1.82) is 0 Å². The monoisotopic (exact) mass is 218 g/mol. The van der Waals surface area contributed by atoms with E-state index in [0.29, 0.717) is 13.2 Å². The molecule has 3 nitrogen and oxygen atoms in total. The SMILES string of the molecule is CCCCCCCCCOOOCCC. The summed E-state index contributed by atoms with van der Waals surface area (Å²) in [6, 6.07) is 0. The summed E-state index contributed by atoms with van der Waals surface area (Å²) in [5, 5.41) is 4.52. The van der Waals surface area contributed by atoms with Crippen molar-refractivity contribution < 1.29 is 14.8 Å². The largest absolute Gasteiger partial charge is 0.206 e. The maximum atomic E-state index is 4.84. The molecule has 0 rings (SSSR count). The van der Waals surface area contributed by atoms with Crippen molar-refractivity contribution in [2.75, 3.05) is 13.2 Å². The second-order valence-electron chi connectivity index (χ2n) is 3.83. The van der Waals surface area contributed by atoms with E-state index in [1.54, 1.807) is 0 Å². The molecule has 0 heterocycles. The summed E-state index contributed by atoms with van der Waals surface area (Å²) in [5.74, 6) is 0. The van der Waals surface area contributed by atoms with Crippen LogP contribution in [0.1, 0.15) is 65.2 Å². The number of rotatable bonds is 12. The molecule has 0 aliphatic carbocycles. The summed E-state index contributed by atoms with van der Waals surface area (Å²) in [6.07, 6.45) is 9.92. The van der Waals surface area contributed by atoms with Crippen LogP contribution in [0.3, 0.4) is 0 Å². The molecule has 0 spiro atoms. The van der Waals surface area contributed by atoms with Crippen molar-refractivity contribution >= 4 is 0 Å². The standard InChI is InChI=1S/C12H26O3/c1-3-5-6-7-8-9-10-12-14-15-13-11-4-2/h3-12H2,1-2H3. The van der Waals surface area contributed by atoms with Crippen LogP contribution >= 0.6 is 0 Å². The van der Waals surface area contributed by atoms with Gasteiger partial charge < -0.3 is 0 Å². The molecule has 0 aromatic carbocycles.